The molecule has 0 aliphatic carbocycles. The molecule has 3 nitrogen and oxygen atoms in total. The van der Waals surface area contributed by atoms with Gasteiger partial charge in [0, 0.05) is 6.07 Å². The van der Waals surface area contributed by atoms with Crippen LogP contribution in [0, 0.1) is 5.82 Å². The Balaban J connectivity index is 1.87. The molecule has 5 heteroatoms. The summed E-state index contributed by atoms with van der Waals surface area (Å²) >= 11 is 5.58. The van der Waals surface area contributed by atoms with E-state index in [1.807, 2.05) is 0 Å². The van der Waals surface area contributed by atoms with Gasteiger partial charge >= 0.3 is 0 Å². The van der Waals surface area contributed by atoms with Gasteiger partial charge in [0.2, 0.25) is 0 Å². The van der Waals surface area contributed by atoms with E-state index in [9.17, 15) is 9.18 Å². The SMILES string of the molecule is CC(=O)c1ccccc1OCCOc1ccc(Cl)c(F)c1. The topological polar surface area (TPSA) is 35.5 Å². The average molecular weight is 309 g/mol. The number of carbonyl (C=O) groups is 1. The van der Waals surface area contributed by atoms with Gasteiger partial charge in [0.1, 0.15) is 30.5 Å². The number of halogens is 2. The molecule has 21 heavy (non-hydrogen) atoms. The molecule has 0 spiro atoms. The van der Waals surface area contributed by atoms with E-state index in [4.69, 9.17) is 21.1 Å². The van der Waals surface area contributed by atoms with Gasteiger partial charge in [-0.3, -0.25) is 4.79 Å². The molecular formula is C16H14ClFO3. The molecule has 0 atom stereocenters. The second-order valence-electron chi connectivity index (χ2n) is 4.33. The molecule has 0 amide bonds. The highest BCUT2D eigenvalue weighted by Crippen LogP contribution is 2.21. The van der Waals surface area contributed by atoms with Gasteiger partial charge < -0.3 is 9.47 Å². The van der Waals surface area contributed by atoms with E-state index in [0.29, 0.717) is 17.1 Å². The quantitative estimate of drug-likeness (QED) is 0.594. The van der Waals surface area contributed by atoms with Crippen LogP contribution in [0.1, 0.15) is 17.3 Å². The van der Waals surface area contributed by atoms with E-state index < -0.39 is 5.82 Å². The fourth-order valence-corrected chi connectivity index (χ4v) is 1.88. The normalized spacial score (nSPS) is 10.2. The van der Waals surface area contributed by atoms with Crippen molar-refractivity contribution in [2.45, 2.75) is 6.92 Å². The third kappa shape index (κ3) is 4.20. The molecule has 0 radical (unpaired) electrons. The van der Waals surface area contributed by atoms with Gasteiger partial charge in [0.05, 0.1) is 10.6 Å². The predicted molar refractivity (Wildman–Crippen MR) is 78.8 cm³/mol. The molecule has 110 valence electrons. The fraction of sp³-hybridized carbons (Fsp3) is 0.188. The number of benzene rings is 2. The van der Waals surface area contributed by atoms with Gasteiger partial charge in [-0.1, -0.05) is 23.7 Å². The molecule has 0 aromatic heterocycles. The number of Topliss-reactive ketones (excluding diaryl/α,β-unsaturated/α-hetero) is 1. The van der Waals surface area contributed by atoms with Crippen molar-refractivity contribution in [3.8, 4) is 11.5 Å². The Labute approximate surface area is 127 Å². The van der Waals surface area contributed by atoms with E-state index in [1.165, 1.54) is 19.1 Å². The monoisotopic (exact) mass is 308 g/mol. The average Bonchev–Trinajstić information content (AvgIpc) is 2.47. The van der Waals surface area contributed by atoms with Crippen LogP contribution < -0.4 is 9.47 Å². The minimum atomic E-state index is -0.531. The van der Waals surface area contributed by atoms with Crippen molar-refractivity contribution in [3.63, 3.8) is 0 Å². The molecule has 0 bridgehead atoms. The predicted octanol–water partition coefficient (Wildman–Crippen LogP) is 4.14. The number of para-hydroxylation sites is 1. The van der Waals surface area contributed by atoms with Crippen LogP contribution in [0.3, 0.4) is 0 Å². The molecule has 0 aliphatic heterocycles. The van der Waals surface area contributed by atoms with E-state index in [1.54, 1.807) is 30.3 Å². The zero-order chi connectivity index (χ0) is 15.2. The molecule has 0 heterocycles. The maximum absolute atomic E-state index is 13.2. The highest BCUT2D eigenvalue weighted by Gasteiger charge is 2.07. The molecule has 0 aliphatic rings. The molecule has 0 N–H and O–H groups in total. The van der Waals surface area contributed by atoms with Gasteiger partial charge in [-0.2, -0.15) is 0 Å². The third-order valence-electron chi connectivity index (χ3n) is 2.77. The summed E-state index contributed by atoms with van der Waals surface area (Å²) in [6.45, 7) is 1.96. The molecule has 2 aromatic carbocycles. The van der Waals surface area contributed by atoms with Crippen molar-refractivity contribution in [3.05, 3.63) is 58.9 Å². The zero-order valence-electron chi connectivity index (χ0n) is 11.4. The molecule has 0 unspecified atom stereocenters. The molecular weight excluding hydrogens is 295 g/mol. The van der Waals surface area contributed by atoms with Crippen LogP contribution in [0.5, 0.6) is 11.5 Å². The summed E-state index contributed by atoms with van der Waals surface area (Å²) in [5.41, 5.74) is 0.523. The lowest BCUT2D eigenvalue weighted by atomic mass is 10.1. The first-order valence-electron chi connectivity index (χ1n) is 6.38. The summed E-state index contributed by atoms with van der Waals surface area (Å²) in [5, 5.41) is 0.0500. The Bertz CT molecular complexity index is 643. The first-order valence-corrected chi connectivity index (χ1v) is 6.76. The summed E-state index contributed by atoms with van der Waals surface area (Å²) in [5.74, 6) is 0.291. The van der Waals surface area contributed by atoms with E-state index in [-0.39, 0.29) is 24.0 Å². The minimum Gasteiger partial charge on any atom is -0.490 e. The molecule has 2 aromatic rings. The van der Waals surface area contributed by atoms with Crippen LogP contribution in [0.2, 0.25) is 5.02 Å². The van der Waals surface area contributed by atoms with Crippen LogP contribution in [-0.2, 0) is 0 Å². The standard InChI is InChI=1S/C16H14ClFO3/c1-11(19)13-4-2-3-5-16(13)21-9-8-20-12-6-7-14(17)15(18)10-12/h2-7,10H,8-9H2,1H3. The van der Waals surface area contributed by atoms with Crippen LogP contribution in [0.4, 0.5) is 4.39 Å². The Hall–Kier alpha value is -2.07. The lowest BCUT2D eigenvalue weighted by Crippen LogP contribution is -2.10. The van der Waals surface area contributed by atoms with Crippen molar-refractivity contribution < 1.29 is 18.7 Å². The number of carbonyl (C=O) groups excluding carboxylic acids is 1. The van der Waals surface area contributed by atoms with Crippen molar-refractivity contribution in [2.24, 2.45) is 0 Å². The number of rotatable bonds is 6. The van der Waals surface area contributed by atoms with Gasteiger partial charge in [-0.15, -0.1) is 0 Å². The highest BCUT2D eigenvalue weighted by molar-refractivity contribution is 6.30. The largest absolute Gasteiger partial charge is 0.490 e. The van der Waals surface area contributed by atoms with Crippen molar-refractivity contribution in [1.82, 2.24) is 0 Å². The first kappa shape index (κ1) is 15.3. The van der Waals surface area contributed by atoms with Crippen molar-refractivity contribution >= 4 is 17.4 Å². The first-order chi connectivity index (χ1) is 10.1. The Morgan fingerprint density at radius 2 is 1.86 bits per heavy atom. The second-order valence-corrected chi connectivity index (χ2v) is 4.73. The number of hydrogen-bond donors (Lipinski definition) is 0. The molecule has 2 rings (SSSR count). The third-order valence-corrected chi connectivity index (χ3v) is 3.07. The molecule has 0 saturated heterocycles. The number of hydrogen-bond acceptors (Lipinski definition) is 3. The van der Waals surface area contributed by atoms with Gasteiger partial charge in [-0.05, 0) is 31.2 Å². The summed E-state index contributed by atoms with van der Waals surface area (Å²) in [6, 6.07) is 11.2. The summed E-state index contributed by atoms with van der Waals surface area (Å²) in [6.07, 6.45) is 0. The lowest BCUT2D eigenvalue weighted by molar-refractivity contribution is 0.101. The number of ketones is 1. The van der Waals surface area contributed by atoms with Crippen molar-refractivity contribution in [2.75, 3.05) is 13.2 Å². The van der Waals surface area contributed by atoms with Crippen LogP contribution in [-0.4, -0.2) is 19.0 Å². The highest BCUT2D eigenvalue weighted by atomic mass is 35.5. The second kappa shape index (κ2) is 7.09. The summed E-state index contributed by atoms with van der Waals surface area (Å²) in [4.78, 5) is 11.4. The van der Waals surface area contributed by atoms with Crippen LogP contribution in [0.25, 0.3) is 0 Å². The summed E-state index contributed by atoms with van der Waals surface area (Å²) in [7, 11) is 0. The van der Waals surface area contributed by atoms with E-state index in [0.717, 1.165) is 0 Å². The van der Waals surface area contributed by atoms with Gasteiger partial charge in [0.15, 0.2) is 5.78 Å². The zero-order valence-corrected chi connectivity index (χ0v) is 12.2. The van der Waals surface area contributed by atoms with Crippen LogP contribution in [0.15, 0.2) is 42.5 Å². The van der Waals surface area contributed by atoms with Crippen LogP contribution >= 0.6 is 11.6 Å². The lowest BCUT2D eigenvalue weighted by Gasteiger charge is -2.10. The maximum atomic E-state index is 13.2. The maximum Gasteiger partial charge on any atom is 0.163 e. The van der Waals surface area contributed by atoms with Crippen molar-refractivity contribution in [1.29, 1.82) is 0 Å². The minimum absolute atomic E-state index is 0.0500. The van der Waals surface area contributed by atoms with Gasteiger partial charge in [0.25, 0.3) is 0 Å². The molecule has 0 fully saturated rings. The molecule has 0 saturated carbocycles. The van der Waals surface area contributed by atoms with Gasteiger partial charge in [-0.25, -0.2) is 4.39 Å². The Morgan fingerprint density at radius 3 is 2.57 bits per heavy atom. The Morgan fingerprint density at radius 1 is 1.14 bits per heavy atom. The fourth-order valence-electron chi connectivity index (χ4n) is 1.76. The Kier molecular flexibility index (Phi) is 5.17. The summed E-state index contributed by atoms with van der Waals surface area (Å²) < 4.78 is 24.1. The number of ether oxygens (including phenoxy) is 2. The van der Waals surface area contributed by atoms with E-state index in [2.05, 4.69) is 0 Å². The van der Waals surface area contributed by atoms with E-state index >= 15 is 0 Å². The smallest absolute Gasteiger partial charge is 0.163 e.